The quantitative estimate of drug-likeness (QED) is 0.855. The monoisotopic (exact) mass is 232 g/mol. The van der Waals surface area contributed by atoms with Crippen LogP contribution in [0.3, 0.4) is 0 Å². The zero-order valence-corrected chi connectivity index (χ0v) is 9.33. The zero-order valence-electron chi connectivity index (χ0n) is 9.33. The predicted octanol–water partition coefficient (Wildman–Crippen LogP) is 1.80. The van der Waals surface area contributed by atoms with Crippen molar-refractivity contribution >= 4 is 0 Å². The first-order chi connectivity index (χ1) is 8.24. The number of aliphatic hydroxyl groups is 1. The minimum absolute atomic E-state index is 0.219. The molecule has 17 heavy (non-hydrogen) atoms. The number of hydrogen-bond acceptors (Lipinski definition) is 5. The van der Waals surface area contributed by atoms with E-state index in [2.05, 4.69) is 10.1 Å². The molecule has 1 aromatic heterocycles. The van der Waals surface area contributed by atoms with Crippen LogP contribution in [0.5, 0.6) is 5.75 Å². The summed E-state index contributed by atoms with van der Waals surface area (Å²) in [5.74, 6) is 1.57. The number of benzene rings is 1. The normalized spacial score (nSPS) is 19.8. The van der Waals surface area contributed by atoms with E-state index in [1.54, 1.807) is 6.92 Å². The highest BCUT2D eigenvalue weighted by Crippen LogP contribution is 2.35. The number of fused-ring (bicyclic) bond motifs is 1. The average molecular weight is 232 g/mol. The molecule has 0 amide bonds. The van der Waals surface area contributed by atoms with Crippen LogP contribution in [0.15, 0.2) is 28.8 Å². The third kappa shape index (κ3) is 1.78. The van der Waals surface area contributed by atoms with Crippen molar-refractivity contribution in [1.82, 2.24) is 10.1 Å². The third-order valence-corrected chi connectivity index (χ3v) is 2.75. The second-order valence-corrected chi connectivity index (χ2v) is 4.09. The van der Waals surface area contributed by atoms with Crippen molar-refractivity contribution in [2.24, 2.45) is 0 Å². The summed E-state index contributed by atoms with van der Waals surface area (Å²) in [5.41, 5.74) is 1.14. The Morgan fingerprint density at radius 3 is 2.94 bits per heavy atom. The van der Waals surface area contributed by atoms with Gasteiger partial charge in [-0.25, -0.2) is 0 Å². The van der Waals surface area contributed by atoms with E-state index < -0.39 is 6.10 Å². The Kier molecular flexibility index (Phi) is 2.33. The first-order valence-electron chi connectivity index (χ1n) is 5.50. The van der Waals surface area contributed by atoms with Gasteiger partial charge in [-0.15, -0.1) is 0 Å². The lowest BCUT2D eigenvalue weighted by Gasteiger charge is -2.04. The second kappa shape index (κ2) is 3.85. The van der Waals surface area contributed by atoms with Crippen molar-refractivity contribution in [3.8, 4) is 5.75 Å². The van der Waals surface area contributed by atoms with Crippen molar-refractivity contribution < 1.29 is 14.4 Å². The first kappa shape index (κ1) is 10.3. The Bertz CT molecular complexity index is 511. The van der Waals surface area contributed by atoms with Crippen molar-refractivity contribution in [2.75, 3.05) is 0 Å². The molecule has 1 aliphatic rings. The Morgan fingerprint density at radius 1 is 1.41 bits per heavy atom. The van der Waals surface area contributed by atoms with Crippen LogP contribution >= 0.6 is 0 Å². The molecule has 5 heteroatoms. The van der Waals surface area contributed by atoms with Gasteiger partial charge in [-0.05, 0) is 18.6 Å². The van der Waals surface area contributed by atoms with Gasteiger partial charge in [0.25, 0.3) is 5.89 Å². The predicted molar refractivity (Wildman–Crippen MR) is 58.4 cm³/mol. The summed E-state index contributed by atoms with van der Waals surface area (Å²) in [4.78, 5) is 4.12. The number of nitrogens with zero attached hydrogens (tertiary/aromatic N) is 2. The SMILES string of the molecule is CC(O)c1nc(C2Cc3ccccc3O2)no1. The molecule has 0 saturated carbocycles. The van der Waals surface area contributed by atoms with Crippen LogP contribution in [0.1, 0.15) is 36.4 Å². The minimum Gasteiger partial charge on any atom is -0.482 e. The fourth-order valence-electron chi connectivity index (χ4n) is 1.87. The number of aliphatic hydroxyl groups excluding tert-OH is 1. The summed E-state index contributed by atoms with van der Waals surface area (Å²) >= 11 is 0. The molecule has 0 spiro atoms. The molecule has 3 rings (SSSR count). The molecular weight excluding hydrogens is 220 g/mol. The van der Waals surface area contributed by atoms with Gasteiger partial charge in [0, 0.05) is 6.42 Å². The third-order valence-electron chi connectivity index (χ3n) is 2.75. The van der Waals surface area contributed by atoms with Gasteiger partial charge in [-0.1, -0.05) is 23.4 Å². The molecule has 0 fully saturated rings. The maximum absolute atomic E-state index is 9.32. The molecule has 88 valence electrons. The lowest BCUT2D eigenvalue weighted by atomic mass is 10.1. The van der Waals surface area contributed by atoms with Crippen molar-refractivity contribution in [1.29, 1.82) is 0 Å². The fraction of sp³-hybridized carbons (Fsp3) is 0.333. The van der Waals surface area contributed by atoms with E-state index >= 15 is 0 Å². The minimum atomic E-state index is -0.750. The van der Waals surface area contributed by atoms with E-state index in [1.807, 2.05) is 24.3 Å². The number of rotatable bonds is 2. The summed E-state index contributed by atoms with van der Waals surface area (Å²) in [6.45, 7) is 1.58. The average Bonchev–Trinajstić information content (AvgIpc) is 2.95. The lowest BCUT2D eigenvalue weighted by molar-refractivity contribution is 0.151. The van der Waals surface area contributed by atoms with Crippen LogP contribution in [-0.2, 0) is 6.42 Å². The van der Waals surface area contributed by atoms with Crippen molar-refractivity contribution in [2.45, 2.75) is 25.6 Å². The molecule has 0 radical (unpaired) electrons. The highest BCUT2D eigenvalue weighted by Gasteiger charge is 2.28. The molecule has 0 aliphatic carbocycles. The van der Waals surface area contributed by atoms with Crippen LogP contribution < -0.4 is 4.74 Å². The van der Waals surface area contributed by atoms with Gasteiger partial charge in [-0.2, -0.15) is 4.98 Å². The summed E-state index contributed by atoms with van der Waals surface area (Å²) in [5, 5.41) is 13.1. The van der Waals surface area contributed by atoms with Gasteiger partial charge in [-0.3, -0.25) is 0 Å². The Labute approximate surface area is 98.0 Å². The summed E-state index contributed by atoms with van der Waals surface area (Å²) < 4.78 is 10.7. The van der Waals surface area contributed by atoms with Crippen LogP contribution in [0, 0.1) is 0 Å². The number of ether oxygens (including phenoxy) is 1. The van der Waals surface area contributed by atoms with E-state index in [4.69, 9.17) is 9.26 Å². The standard InChI is InChI=1S/C12H12N2O3/c1-7(15)12-13-11(14-17-12)10-6-8-4-2-3-5-9(8)16-10/h2-5,7,10,15H,6H2,1H3. The van der Waals surface area contributed by atoms with Gasteiger partial charge in [0.15, 0.2) is 6.10 Å². The number of aromatic nitrogens is 2. The molecule has 5 nitrogen and oxygen atoms in total. The van der Waals surface area contributed by atoms with Gasteiger partial charge in [0.2, 0.25) is 5.82 Å². The molecule has 1 aromatic carbocycles. The smallest absolute Gasteiger partial charge is 0.255 e. The summed E-state index contributed by atoms with van der Waals surface area (Å²) in [6.07, 6.45) is -0.238. The fourth-order valence-corrected chi connectivity index (χ4v) is 1.87. The van der Waals surface area contributed by atoms with Gasteiger partial charge in [0.1, 0.15) is 11.9 Å². The van der Waals surface area contributed by atoms with Crippen molar-refractivity contribution in [3.63, 3.8) is 0 Å². The zero-order chi connectivity index (χ0) is 11.8. The van der Waals surface area contributed by atoms with Crippen LogP contribution in [0.2, 0.25) is 0 Å². The molecule has 2 unspecified atom stereocenters. The second-order valence-electron chi connectivity index (χ2n) is 4.09. The maximum atomic E-state index is 9.32. The van der Waals surface area contributed by atoms with E-state index in [0.717, 1.165) is 17.7 Å². The molecule has 0 saturated heterocycles. The van der Waals surface area contributed by atoms with Crippen LogP contribution in [0.25, 0.3) is 0 Å². The number of para-hydroxylation sites is 1. The lowest BCUT2D eigenvalue weighted by Crippen LogP contribution is -2.05. The van der Waals surface area contributed by atoms with Gasteiger partial charge >= 0.3 is 0 Å². The first-order valence-corrected chi connectivity index (χ1v) is 5.50. The Morgan fingerprint density at radius 2 is 2.24 bits per heavy atom. The van der Waals surface area contributed by atoms with Gasteiger partial charge < -0.3 is 14.4 Å². The van der Waals surface area contributed by atoms with E-state index in [-0.39, 0.29) is 12.0 Å². The van der Waals surface area contributed by atoms with Crippen LogP contribution in [-0.4, -0.2) is 15.2 Å². The Hall–Kier alpha value is -1.88. The molecule has 1 N–H and O–H groups in total. The molecule has 2 aromatic rings. The highest BCUT2D eigenvalue weighted by atomic mass is 16.5. The largest absolute Gasteiger partial charge is 0.482 e. The van der Waals surface area contributed by atoms with Crippen LogP contribution in [0.4, 0.5) is 0 Å². The molecule has 2 atom stereocenters. The van der Waals surface area contributed by atoms with E-state index in [0.29, 0.717) is 5.82 Å². The summed E-state index contributed by atoms with van der Waals surface area (Å²) in [6, 6.07) is 7.84. The molecule has 0 bridgehead atoms. The van der Waals surface area contributed by atoms with E-state index in [1.165, 1.54) is 0 Å². The highest BCUT2D eigenvalue weighted by molar-refractivity contribution is 5.37. The van der Waals surface area contributed by atoms with E-state index in [9.17, 15) is 5.11 Å². The molecular formula is C12H12N2O3. The van der Waals surface area contributed by atoms with Crippen molar-refractivity contribution in [3.05, 3.63) is 41.5 Å². The topological polar surface area (TPSA) is 68.4 Å². The number of hydrogen-bond donors (Lipinski definition) is 1. The maximum Gasteiger partial charge on any atom is 0.255 e. The Balaban J connectivity index is 1.84. The molecule has 2 heterocycles. The van der Waals surface area contributed by atoms with Gasteiger partial charge in [0.05, 0.1) is 0 Å². The summed E-state index contributed by atoms with van der Waals surface area (Å²) in [7, 11) is 0. The molecule has 1 aliphatic heterocycles.